The number of sulfone groups is 2. The molecule has 2 fully saturated rings. The second kappa shape index (κ2) is 17.2. The van der Waals surface area contributed by atoms with E-state index in [-0.39, 0.29) is 44.2 Å². The molecular weight excluding hydrogens is 789 g/mol. The molecule has 2 aromatic carbocycles. The van der Waals surface area contributed by atoms with Crippen molar-refractivity contribution >= 4 is 47.7 Å². The first kappa shape index (κ1) is 42.1. The number of nitrogens with one attached hydrogen (secondary N) is 2. The van der Waals surface area contributed by atoms with Gasteiger partial charge in [-0.1, -0.05) is 36.0 Å². The topological polar surface area (TPSA) is 242 Å². The van der Waals surface area contributed by atoms with E-state index in [1.165, 1.54) is 12.4 Å². The van der Waals surface area contributed by atoms with Gasteiger partial charge in [-0.2, -0.15) is 0 Å². The van der Waals surface area contributed by atoms with E-state index in [0.717, 1.165) is 75.6 Å². The molecule has 0 atom stereocenters. The van der Waals surface area contributed by atoms with Crippen molar-refractivity contribution in [2.75, 3.05) is 11.5 Å². The molecule has 2 saturated carbocycles. The Morgan fingerprint density at radius 1 is 0.810 bits per heavy atom. The number of carbonyl (C=O) groups is 1. The van der Waals surface area contributed by atoms with Gasteiger partial charge < -0.3 is 24.1 Å². The second-order valence-electron chi connectivity index (χ2n) is 15.1. The summed E-state index contributed by atoms with van der Waals surface area (Å²) in [5, 5.41) is 15.3. The summed E-state index contributed by atoms with van der Waals surface area (Å²) >= 11 is 0. The van der Waals surface area contributed by atoms with Gasteiger partial charge in [0.2, 0.25) is 6.20 Å². The zero-order valence-corrected chi connectivity index (χ0v) is 34.6. The van der Waals surface area contributed by atoms with Crippen LogP contribution in [0.25, 0.3) is 44.3 Å². The molecule has 0 amide bonds. The SMILES string of the molecule is CC(=O)O.Cc1noc(C)c1-c1cc(S(=O)(=O)CC2CCCC2)c2[nH]cc[n+](=O)c2c1.Cc1noc(C)c1-c1cc(S(=O)(=O)CC2CCCC2)c2ncc(=O)[nH]c2c1. The molecule has 8 rings (SSSR count). The van der Waals surface area contributed by atoms with Gasteiger partial charge in [-0.15, -0.1) is 0 Å². The maximum absolute atomic E-state index is 13.2. The molecule has 4 heterocycles. The molecule has 308 valence electrons. The number of aliphatic carboxylic acids is 1. The van der Waals surface area contributed by atoms with Crippen LogP contribution in [0.1, 0.15) is 81.2 Å². The number of hydrogen-bond acceptors (Lipinski definition) is 12. The molecule has 4 aromatic heterocycles. The Labute approximate surface area is 334 Å². The van der Waals surface area contributed by atoms with Gasteiger partial charge in [0.25, 0.3) is 17.0 Å². The Balaban J connectivity index is 0.000000179. The van der Waals surface area contributed by atoms with Gasteiger partial charge >= 0.3 is 0 Å². The summed E-state index contributed by atoms with van der Waals surface area (Å²) in [6.07, 6.45) is 11.9. The third-order valence-corrected chi connectivity index (χ3v) is 14.4. The van der Waals surface area contributed by atoms with Crippen molar-refractivity contribution in [3.63, 3.8) is 0 Å². The smallest absolute Gasteiger partial charge is 0.300 e. The highest BCUT2D eigenvalue weighted by molar-refractivity contribution is 7.92. The van der Waals surface area contributed by atoms with E-state index in [1.54, 1.807) is 52.0 Å². The summed E-state index contributed by atoms with van der Waals surface area (Å²) in [6.45, 7) is 8.23. The van der Waals surface area contributed by atoms with Crippen LogP contribution in [0, 0.1) is 44.4 Å². The van der Waals surface area contributed by atoms with Crippen molar-refractivity contribution in [2.24, 2.45) is 11.8 Å². The van der Waals surface area contributed by atoms with Crippen LogP contribution in [0.5, 0.6) is 0 Å². The van der Waals surface area contributed by atoms with Crippen LogP contribution < -0.4 is 9.99 Å². The van der Waals surface area contributed by atoms with Crippen molar-refractivity contribution in [1.82, 2.24) is 25.3 Å². The highest BCUT2D eigenvalue weighted by atomic mass is 32.2. The number of nitrogens with zero attached hydrogens (tertiary/aromatic N) is 4. The molecule has 58 heavy (non-hydrogen) atoms. The highest BCUT2D eigenvalue weighted by Gasteiger charge is 2.30. The van der Waals surface area contributed by atoms with Crippen LogP contribution in [-0.4, -0.2) is 64.7 Å². The first-order chi connectivity index (χ1) is 27.4. The van der Waals surface area contributed by atoms with Crippen molar-refractivity contribution in [3.05, 3.63) is 81.0 Å². The number of hydrogen-bond donors (Lipinski definition) is 3. The van der Waals surface area contributed by atoms with E-state index in [2.05, 4.69) is 25.3 Å². The predicted octanol–water partition coefficient (Wildman–Crippen LogP) is 6.57. The van der Waals surface area contributed by atoms with Gasteiger partial charge in [0.05, 0.1) is 55.0 Å². The second-order valence-corrected chi connectivity index (χ2v) is 19.1. The lowest BCUT2D eigenvalue weighted by atomic mass is 10.0. The van der Waals surface area contributed by atoms with E-state index in [4.69, 9.17) is 18.9 Å². The Kier molecular flexibility index (Phi) is 12.5. The number of rotatable bonds is 8. The van der Waals surface area contributed by atoms with Gasteiger partial charge in [0, 0.05) is 29.0 Å². The molecule has 0 bridgehead atoms. The van der Waals surface area contributed by atoms with E-state index in [9.17, 15) is 26.5 Å². The maximum Gasteiger partial charge on any atom is 0.300 e. The molecule has 3 N–H and O–H groups in total. The number of aromatic amines is 2. The summed E-state index contributed by atoms with van der Waals surface area (Å²) < 4.78 is 64.0. The van der Waals surface area contributed by atoms with E-state index >= 15 is 0 Å². The molecule has 0 saturated heterocycles. The summed E-state index contributed by atoms with van der Waals surface area (Å²) in [5.74, 6) is 0.912. The lowest BCUT2D eigenvalue weighted by Gasteiger charge is -2.13. The number of H-pyrrole nitrogens is 2. The van der Waals surface area contributed by atoms with Crippen LogP contribution in [0.3, 0.4) is 0 Å². The standard InChI is InChI=1S/C19H21N3O4S.C19H22N3O4S.C2H4O2/c1-11-18(12(2)26-22-11)14-7-15-19(20-9-17(23)21-15)16(8-14)27(24,25)10-13-5-3-4-6-13;1-12-18(13(2)26-21-12)15-9-16-19(20-7-8-22(16)23)17(10-15)27(24,25)11-14-5-3-4-6-14;1-2(3)4/h7-9,13H,3-6,10H2,1-2H3,(H,21,23);7-10,14H,3-6,11H2,1-2H3,(H,20,23);1H3,(H,3,4)/q;+1;. The van der Waals surface area contributed by atoms with Crippen molar-refractivity contribution in [3.8, 4) is 22.3 Å². The van der Waals surface area contributed by atoms with Crippen LogP contribution >= 0.6 is 0 Å². The van der Waals surface area contributed by atoms with Crippen LogP contribution in [0.15, 0.2) is 66.5 Å². The number of carboxylic acids is 1. The molecule has 2 aliphatic carbocycles. The number of fused-ring (bicyclic) bond motifs is 2. The molecule has 0 radical (unpaired) electrons. The van der Waals surface area contributed by atoms with E-state index in [0.29, 0.717) is 55.0 Å². The quantitative estimate of drug-likeness (QED) is 0.138. The normalized spacial score (nSPS) is 15.0. The molecule has 0 spiro atoms. The van der Waals surface area contributed by atoms with Crippen molar-refractivity contribution in [1.29, 1.82) is 0 Å². The minimum Gasteiger partial charge on any atom is -0.481 e. The summed E-state index contributed by atoms with van der Waals surface area (Å²) in [7, 11) is -7.12. The number of benzene rings is 2. The highest BCUT2D eigenvalue weighted by Crippen LogP contribution is 2.36. The minimum atomic E-state index is -3.56. The van der Waals surface area contributed by atoms with Gasteiger partial charge in [0.1, 0.15) is 22.6 Å². The van der Waals surface area contributed by atoms with Gasteiger partial charge in [0.15, 0.2) is 19.7 Å². The van der Waals surface area contributed by atoms with Gasteiger partial charge in [-0.25, -0.2) is 21.8 Å². The monoisotopic (exact) mass is 835 g/mol. The first-order valence-electron chi connectivity index (χ1n) is 19.1. The summed E-state index contributed by atoms with van der Waals surface area (Å²) in [6, 6.07) is 6.67. The van der Waals surface area contributed by atoms with Crippen LogP contribution in [0.2, 0.25) is 0 Å². The third kappa shape index (κ3) is 9.28. The minimum absolute atomic E-state index is 0.105. The number of carboxylic acid groups (broad SMARTS) is 1. The maximum atomic E-state index is 13.2. The lowest BCUT2D eigenvalue weighted by molar-refractivity contribution is -0.464. The molecule has 0 aliphatic heterocycles. The average molecular weight is 836 g/mol. The summed E-state index contributed by atoms with van der Waals surface area (Å²) in [5.41, 5.74) is 4.96. The Bertz CT molecular complexity index is 2790. The lowest BCUT2D eigenvalue weighted by Crippen LogP contribution is -2.19. The fourth-order valence-electron chi connectivity index (χ4n) is 8.03. The molecule has 6 aromatic rings. The van der Waals surface area contributed by atoms with Gasteiger partial charge in [-0.3, -0.25) is 9.59 Å². The molecule has 18 heteroatoms. The first-order valence-corrected chi connectivity index (χ1v) is 22.4. The fourth-order valence-corrected chi connectivity index (χ4v) is 11.8. The fraction of sp³-hybridized carbons (Fsp3) is 0.425. The van der Waals surface area contributed by atoms with Crippen LogP contribution in [-0.2, 0) is 24.5 Å². The van der Waals surface area contributed by atoms with Gasteiger partial charge in [-0.05, 0) is 94.5 Å². The predicted molar refractivity (Wildman–Crippen MR) is 215 cm³/mol. The van der Waals surface area contributed by atoms with E-state index in [1.807, 2.05) is 0 Å². The Hall–Kier alpha value is -5.49. The molecular formula is C40H47N6O10S2+. The zero-order valence-electron chi connectivity index (χ0n) is 33.0. The number of aryl methyl sites for hydroxylation is 4. The largest absolute Gasteiger partial charge is 0.481 e. The Morgan fingerprint density at radius 3 is 1.79 bits per heavy atom. The molecule has 0 unspecified atom stereocenters. The van der Waals surface area contributed by atoms with E-state index < -0.39 is 25.6 Å². The molecule has 2 aliphatic rings. The zero-order chi connectivity index (χ0) is 41.9. The average Bonchev–Trinajstić information content (AvgIpc) is 3.98. The van der Waals surface area contributed by atoms with Crippen molar-refractivity contribution < 1.29 is 40.2 Å². The number of aromatic nitrogens is 6. The van der Waals surface area contributed by atoms with Crippen molar-refractivity contribution in [2.45, 2.75) is 95.8 Å². The van der Waals surface area contributed by atoms with Crippen LogP contribution in [0.4, 0.5) is 0 Å². The molecule has 16 nitrogen and oxygen atoms in total. The third-order valence-electron chi connectivity index (χ3n) is 10.6. The summed E-state index contributed by atoms with van der Waals surface area (Å²) in [4.78, 5) is 43.2. The Morgan fingerprint density at radius 2 is 1.29 bits per heavy atom.